The van der Waals surface area contributed by atoms with E-state index in [2.05, 4.69) is 16.0 Å². The van der Waals surface area contributed by atoms with Crippen LogP contribution >= 0.6 is 0 Å². The molecule has 0 spiro atoms. The van der Waals surface area contributed by atoms with Crippen LogP contribution in [0.25, 0.3) is 0 Å². The van der Waals surface area contributed by atoms with Crippen LogP contribution < -0.4 is 20.7 Å². The number of hydrogen-bond donors (Lipinski definition) is 4. The van der Waals surface area contributed by atoms with Crippen molar-refractivity contribution in [1.29, 1.82) is 0 Å². The number of carbonyl (C=O) groups is 3. The Labute approximate surface area is 261 Å². The summed E-state index contributed by atoms with van der Waals surface area (Å²) >= 11 is 0. The Balaban J connectivity index is 1.91. The summed E-state index contributed by atoms with van der Waals surface area (Å²) in [4.78, 5) is 42.8. The molecule has 242 valence electrons. The Morgan fingerprint density at radius 3 is 2.43 bits per heavy atom. The molecule has 0 aliphatic carbocycles. The van der Waals surface area contributed by atoms with Crippen molar-refractivity contribution in [2.75, 3.05) is 44.0 Å². The normalized spacial score (nSPS) is 20.5. The largest absolute Gasteiger partial charge is 0.490 e. The average Bonchev–Trinajstić information content (AvgIpc) is 2.98. The van der Waals surface area contributed by atoms with Gasteiger partial charge in [-0.1, -0.05) is 25.1 Å². The van der Waals surface area contributed by atoms with Gasteiger partial charge in [-0.3, -0.25) is 4.79 Å². The molecule has 4 N–H and O–H groups in total. The number of ether oxygens (including phenoxy) is 2. The summed E-state index contributed by atoms with van der Waals surface area (Å²) in [6.07, 6.45) is 1.92. The first-order valence-corrected chi connectivity index (χ1v) is 15.5. The van der Waals surface area contributed by atoms with Crippen LogP contribution in [0.1, 0.15) is 64.2 Å². The molecule has 2 aromatic rings. The molecule has 1 aliphatic heterocycles. The third-order valence-corrected chi connectivity index (χ3v) is 7.55. The van der Waals surface area contributed by atoms with Crippen molar-refractivity contribution in [3.8, 4) is 5.75 Å². The predicted molar refractivity (Wildman–Crippen MR) is 172 cm³/mol. The van der Waals surface area contributed by atoms with E-state index < -0.39 is 12.1 Å². The first-order valence-electron chi connectivity index (χ1n) is 15.5. The highest BCUT2D eigenvalue weighted by Crippen LogP contribution is 2.28. The smallest absolute Gasteiger partial charge is 0.323 e. The number of rotatable bonds is 7. The molecule has 0 unspecified atom stereocenters. The van der Waals surface area contributed by atoms with Gasteiger partial charge in [0.2, 0.25) is 0 Å². The van der Waals surface area contributed by atoms with Gasteiger partial charge in [0, 0.05) is 50.1 Å². The minimum Gasteiger partial charge on any atom is -0.490 e. The van der Waals surface area contributed by atoms with Gasteiger partial charge in [0.1, 0.15) is 5.75 Å². The predicted octanol–water partition coefficient (Wildman–Crippen LogP) is 5.18. The zero-order valence-electron chi connectivity index (χ0n) is 26.8. The highest BCUT2D eigenvalue weighted by molar-refractivity contribution is 6.02. The Kier molecular flexibility index (Phi) is 13.3. The molecule has 0 radical (unpaired) electrons. The highest BCUT2D eigenvalue weighted by atomic mass is 16.5. The second kappa shape index (κ2) is 16.9. The van der Waals surface area contributed by atoms with E-state index in [0.29, 0.717) is 30.3 Å². The second-order valence-corrected chi connectivity index (χ2v) is 11.9. The van der Waals surface area contributed by atoms with Crippen LogP contribution in [0.15, 0.2) is 48.5 Å². The van der Waals surface area contributed by atoms with E-state index in [1.165, 1.54) is 0 Å². The van der Waals surface area contributed by atoms with E-state index in [1.54, 1.807) is 54.1 Å². The number of nitrogens with zero attached hydrogens (tertiary/aromatic N) is 2. The minimum atomic E-state index is -0.510. The Bertz CT molecular complexity index is 1230. The van der Waals surface area contributed by atoms with Gasteiger partial charge in [-0.15, -0.1) is 0 Å². The number of aliphatic hydroxyl groups is 1. The SMILES string of the molecule is CC(C)NC(=O)N(C)C[C@@H]1OCCCC[C@@H](C)Oc2ccc(NC(=O)Nc3ccccc3)cc2C(=O)N([C@@H](C)CO)C[C@@H]1C. The Morgan fingerprint density at radius 2 is 1.75 bits per heavy atom. The molecule has 0 aromatic heterocycles. The number of benzene rings is 2. The van der Waals surface area contributed by atoms with Gasteiger partial charge < -0.3 is 40.3 Å². The number of para-hydroxylation sites is 1. The quantitative estimate of drug-likeness (QED) is 0.341. The van der Waals surface area contributed by atoms with Crippen molar-refractivity contribution in [1.82, 2.24) is 15.1 Å². The number of anilines is 2. The lowest BCUT2D eigenvalue weighted by atomic mass is 10.0. The van der Waals surface area contributed by atoms with Crippen LogP contribution in [0.2, 0.25) is 0 Å². The number of fused-ring (bicyclic) bond motifs is 1. The van der Waals surface area contributed by atoms with Gasteiger partial charge in [-0.05, 0) is 77.3 Å². The second-order valence-electron chi connectivity index (χ2n) is 11.9. The third kappa shape index (κ3) is 10.4. The monoisotopic (exact) mass is 611 g/mol. The highest BCUT2D eigenvalue weighted by Gasteiger charge is 2.31. The van der Waals surface area contributed by atoms with E-state index in [0.717, 1.165) is 19.3 Å². The zero-order chi connectivity index (χ0) is 32.2. The first kappa shape index (κ1) is 34.7. The maximum Gasteiger partial charge on any atom is 0.323 e. The Morgan fingerprint density at radius 1 is 1.05 bits per heavy atom. The van der Waals surface area contributed by atoms with Gasteiger partial charge in [0.15, 0.2) is 0 Å². The molecular weight excluding hydrogens is 562 g/mol. The van der Waals surface area contributed by atoms with Crippen molar-refractivity contribution in [2.24, 2.45) is 5.92 Å². The number of amides is 5. The van der Waals surface area contributed by atoms with Gasteiger partial charge in [-0.2, -0.15) is 0 Å². The number of carbonyl (C=O) groups excluding carboxylic acids is 3. The van der Waals surface area contributed by atoms with Gasteiger partial charge in [0.05, 0.1) is 30.4 Å². The molecule has 0 fully saturated rings. The Hall–Kier alpha value is -3.83. The summed E-state index contributed by atoms with van der Waals surface area (Å²) in [6, 6.07) is 12.9. The lowest BCUT2D eigenvalue weighted by molar-refractivity contribution is -0.0122. The molecule has 2 aromatic carbocycles. The summed E-state index contributed by atoms with van der Waals surface area (Å²) in [5.41, 5.74) is 1.34. The summed E-state index contributed by atoms with van der Waals surface area (Å²) < 4.78 is 12.6. The van der Waals surface area contributed by atoms with Gasteiger partial charge in [0.25, 0.3) is 5.91 Å². The molecule has 11 nitrogen and oxygen atoms in total. The summed E-state index contributed by atoms with van der Waals surface area (Å²) in [5.74, 6) is -0.102. The molecule has 4 atom stereocenters. The summed E-state index contributed by atoms with van der Waals surface area (Å²) in [5, 5.41) is 18.6. The molecular formula is C33H49N5O6. The van der Waals surface area contributed by atoms with E-state index in [1.807, 2.05) is 45.9 Å². The van der Waals surface area contributed by atoms with Crippen LogP contribution in [-0.2, 0) is 4.74 Å². The van der Waals surface area contributed by atoms with Crippen molar-refractivity contribution >= 4 is 29.3 Å². The summed E-state index contributed by atoms with van der Waals surface area (Å²) in [7, 11) is 1.73. The topological polar surface area (TPSA) is 132 Å². The molecule has 0 bridgehead atoms. The molecule has 1 aliphatic rings. The van der Waals surface area contributed by atoms with Crippen LogP contribution in [0, 0.1) is 5.92 Å². The molecule has 0 saturated heterocycles. The number of hydrogen-bond acceptors (Lipinski definition) is 6. The molecule has 11 heteroatoms. The first-order chi connectivity index (χ1) is 21.0. The van der Waals surface area contributed by atoms with Crippen molar-refractivity contribution in [3.05, 3.63) is 54.1 Å². The van der Waals surface area contributed by atoms with E-state index in [4.69, 9.17) is 9.47 Å². The molecule has 44 heavy (non-hydrogen) atoms. The summed E-state index contributed by atoms with van der Waals surface area (Å²) in [6.45, 7) is 10.4. The maximum absolute atomic E-state index is 14.2. The van der Waals surface area contributed by atoms with Crippen LogP contribution in [-0.4, -0.2) is 90.5 Å². The van der Waals surface area contributed by atoms with Gasteiger partial charge >= 0.3 is 12.1 Å². The van der Waals surface area contributed by atoms with E-state index in [9.17, 15) is 19.5 Å². The standard InChI is InChI=1S/C33H49N5O6/c1-22(2)34-33(42)37(6)20-30-23(3)19-38(24(4)21-39)31(40)28-18-27(36-32(41)35-26-13-8-7-9-14-26)15-16-29(28)44-25(5)12-10-11-17-43-30/h7-9,13-16,18,22-25,30,39H,10-12,17,19-21H2,1-6H3,(H,34,42)(H2,35,36,41)/t23-,24-,25+,30-/m0/s1. The fourth-order valence-corrected chi connectivity index (χ4v) is 4.99. The number of nitrogens with one attached hydrogen (secondary N) is 3. The fourth-order valence-electron chi connectivity index (χ4n) is 4.99. The lowest BCUT2D eigenvalue weighted by Gasteiger charge is -2.36. The van der Waals surface area contributed by atoms with Gasteiger partial charge in [-0.25, -0.2) is 9.59 Å². The van der Waals surface area contributed by atoms with E-state index in [-0.39, 0.29) is 54.8 Å². The van der Waals surface area contributed by atoms with E-state index >= 15 is 0 Å². The molecule has 0 saturated carbocycles. The third-order valence-electron chi connectivity index (χ3n) is 7.55. The number of aliphatic hydroxyl groups excluding tert-OH is 1. The van der Waals surface area contributed by atoms with Crippen molar-refractivity contribution in [3.63, 3.8) is 0 Å². The maximum atomic E-state index is 14.2. The van der Waals surface area contributed by atoms with Crippen LogP contribution in [0.4, 0.5) is 21.0 Å². The molecule has 5 amide bonds. The average molecular weight is 612 g/mol. The molecule has 1 heterocycles. The minimum absolute atomic E-state index is 0.00104. The lowest BCUT2D eigenvalue weighted by Crippen LogP contribution is -2.49. The zero-order valence-corrected chi connectivity index (χ0v) is 26.8. The van der Waals surface area contributed by atoms with Crippen molar-refractivity contribution in [2.45, 2.75) is 78.2 Å². The van der Waals surface area contributed by atoms with Crippen LogP contribution in [0.3, 0.4) is 0 Å². The fraction of sp³-hybridized carbons (Fsp3) is 0.545. The van der Waals surface area contributed by atoms with Crippen molar-refractivity contribution < 1.29 is 29.0 Å². The number of likely N-dealkylation sites (N-methyl/N-ethyl adjacent to an activating group) is 1. The molecule has 3 rings (SSSR count). The number of urea groups is 2. The van der Waals surface area contributed by atoms with Crippen LogP contribution in [0.5, 0.6) is 5.75 Å².